The molecule has 0 aliphatic rings. The Morgan fingerprint density at radius 3 is 1.49 bits per heavy atom. The monoisotopic (exact) mass is 706 g/mol. The SMILES string of the molecule is O=C(O)c1c(Oc2ccc(-c3cccc(OS(=O)(=O)C(F)(F)F)c3)cc2)ccc(-c2cccc(OS(=O)(=O)C(F)(F)F)c2)c1C(=O)O. The van der Waals surface area contributed by atoms with Crippen LogP contribution in [0.2, 0.25) is 0 Å². The first-order chi connectivity index (χ1) is 21.7. The van der Waals surface area contributed by atoms with Crippen LogP contribution in [-0.4, -0.2) is 50.0 Å². The number of carboxylic acids is 2. The Kier molecular flexibility index (Phi) is 9.18. The molecule has 0 aliphatic heterocycles. The Hall–Kier alpha value is -5.30. The molecule has 0 aromatic heterocycles. The molecule has 0 saturated heterocycles. The Morgan fingerprint density at radius 2 is 1.02 bits per heavy atom. The fourth-order valence-electron chi connectivity index (χ4n) is 3.98. The van der Waals surface area contributed by atoms with Crippen LogP contribution in [0.15, 0.2) is 84.9 Å². The number of carboxylic acid groups (broad SMARTS) is 2. The van der Waals surface area contributed by atoms with Gasteiger partial charge >= 0.3 is 43.2 Å². The molecular formula is C28H16F6O11S2. The van der Waals surface area contributed by atoms with E-state index in [9.17, 15) is 63.0 Å². The van der Waals surface area contributed by atoms with Crippen LogP contribution in [0.3, 0.4) is 0 Å². The number of rotatable bonds is 10. The molecule has 0 bridgehead atoms. The predicted octanol–water partition coefficient (Wildman–Crippen LogP) is 6.67. The number of ether oxygens (including phenoxy) is 1. The van der Waals surface area contributed by atoms with Crippen molar-refractivity contribution in [1.82, 2.24) is 0 Å². The lowest BCUT2D eigenvalue weighted by Crippen LogP contribution is -2.28. The standard InChI is InChI=1S/C28H16F6O11S2/c29-27(30,31)46(39,40)44-19-5-1-3-16(13-19)15-7-9-18(10-8-15)43-22-12-11-21(23(25(35)36)24(22)26(37)38)17-4-2-6-20(14-17)45-47(41,42)28(32,33)34/h1-14H,(H,35,36)(H,37,38). The number of alkyl halides is 6. The molecule has 2 N–H and O–H groups in total. The maximum absolute atomic E-state index is 12.8. The first kappa shape index (κ1) is 34.6. The van der Waals surface area contributed by atoms with Crippen molar-refractivity contribution in [3.05, 3.63) is 96.1 Å². The number of carbonyl (C=O) groups is 2. The van der Waals surface area contributed by atoms with Crippen LogP contribution < -0.4 is 13.1 Å². The van der Waals surface area contributed by atoms with Crippen LogP contribution in [0.25, 0.3) is 22.3 Å². The van der Waals surface area contributed by atoms with Gasteiger partial charge in [0, 0.05) is 0 Å². The molecule has 19 heteroatoms. The van der Waals surface area contributed by atoms with Crippen LogP contribution in [-0.2, 0) is 20.2 Å². The molecule has 4 rings (SSSR count). The quantitative estimate of drug-likeness (QED) is 0.103. The molecule has 0 amide bonds. The van der Waals surface area contributed by atoms with Crippen molar-refractivity contribution in [3.8, 4) is 45.3 Å². The van der Waals surface area contributed by atoms with Gasteiger partial charge in [-0.05, 0) is 70.8 Å². The number of hydrogen-bond acceptors (Lipinski definition) is 9. The second-order valence-electron chi connectivity index (χ2n) is 9.12. The highest BCUT2D eigenvalue weighted by atomic mass is 32.2. The van der Waals surface area contributed by atoms with Gasteiger partial charge in [0.25, 0.3) is 0 Å². The van der Waals surface area contributed by atoms with Gasteiger partial charge < -0.3 is 23.3 Å². The third-order valence-corrected chi connectivity index (χ3v) is 7.93. The molecule has 0 aliphatic carbocycles. The van der Waals surface area contributed by atoms with E-state index in [-0.39, 0.29) is 22.4 Å². The number of benzene rings is 4. The first-order valence-electron chi connectivity index (χ1n) is 12.3. The van der Waals surface area contributed by atoms with E-state index >= 15 is 0 Å². The van der Waals surface area contributed by atoms with Gasteiger partial charge in [0.2, 0.25) is 0 Å². The maximum atomic E-state index is 12.8. The van der Waals surface area contributed by atoms with Crippen molar-refractivity contribution in [3.63, 3.8) is 0 Å². The second-order valence-corrected chi connectivity index (χ2v) is 12.2. The van der Waals surface area contributed by atoms with Gasteiger partial charge in [-0.2, -0.15) is 43.2 Å². The summed E-state index contributed by atoms with van der Waals surface area (Å²) in [5, 5.41) is 19.8. The van der Waals surface area contributed by atoms with Crippen molar-refractivity contribution >= 4 is 32.2 Å². The Balaban J connectivity index is 1.67. The molecule has 4 aromatic carbocycles. The summed E-state index contributed by atoms with van der Waals surface area (Å²) < 4.78 is 136. The fraction of sp³-hybridized carbons (Fsp3) is 0.0714. The number of halogens is 6. The van der Waals surface area contributed by atoms with Gasteiger partial charge in [0.1, 0.15) is 28.6 Å². The summed E-state index contributed by atoms with van der Waals surface area (Å²) in [6, 6.07) is 15.8. The van der Waals surface area contributed by atoms with Gasteiger partial charge in [0.05, 0.1) is 5.56 Å². The molecule has 0 saturated carbocycles. The average Bonchev–Trinajstić information content (AvgIpc) is 2.95. The summed E-state index contributed by atoms with van der Waals surface area (Å²) in [6.07, 6.45) is 0. The van der Waals surface area contributed by atoms with E-state index in [0.717, 1.165) is 48.5 Å². The van der Waals surface area contributed by atoms with Crippen LogP contribution in [0.4, 0.5) is 26.3 Å². The lowest BCUT2D eigenvalue weighted by atomic mass is 9.94. The Bertz CT molecular complexity index is 2080. The number of aromatic carboxylic acids is 2. The molecule has 11 nitrogen and oxygen atoms in total. The van der Waals surface area contributed by atoms with Crippen molar-refractivity contribution < 1.29 is 76.1 Å². The molecule has 0 spiro atoms. The van der Waals surface area contributed by atoms with Crippen LogP contribution in [0.5, 0.6) is 23.0 Å². The zero-order chi connectivity index (χ0) is 34.9. The molecule has 0 heterocycles. The molecule has 4 aromatic rings. The normalized spacial score (nSPS) is 12.3. The first-order valence-corrected chi connectivity index (χ1v) is 15.2. The van der Waals surface area contributed by atoms with Gasteiger partial charge in [-0.15, -0.1) is 0 Å². The summed E-state index contributed by atoms with van der Waals surface area (Å²) in [7, 11) is -12.0. The van der Waals surface area contributed by atoms with E-state index in [0.29, 0.717) is 5.56 Å². The van der Waals surface area contributed by atoms with Gasteiger partial charge in [0.15, 0.2) is 0 Å². The minimum Gasteiger partial charge on any atom is -0.478 e. The largest absolute Gasteiger partial charge is 0.534 e. The molecule has 0 atom stereocenters. The summed E-state index contributed by atoms with van der Waals surface area (Å²) in [5.41, 5.74) is -13.2. The highest BCUT2D eigenvalue weighted by Crippen LogP contribution is 2.38. The van der Waals surface area contributed by atoms with E-state index in [1.165, 1.54) is 36.4 Å². The topological polar surface area (TPSA) is 171 Å². The fourth-order valence-corrected chi connectivity index (χ4v) is 4.88. The van der Waals surface area contributed by atoms with Crippen molar-refractivity contribution in [2.75, 3.05) is 0 Å². The highest BCUT2D eigenvalue weighted by Gasteiger charge is 2.49. The van der Waals surface area contributed by atoms with Crippen LogP contribution in [0, 0.1) is 0 Å². The van der Waals surface area contributed by atoms with Crippen molar-refractivity contribution in [2.24, 2.45) is 0 Å². The van der Waals surface area contributed by atoms with Gasteiger partial charge in [-0.3, -0.25) is 0 Å². The molecule has 248 valence electrons. The Labute approximate surface area is 260 Å². The van der Waals surface area contributed by atoms with E-state index in [2.05, 4.69) is 8.37 Å². The molecule has 0 radical (unpaired) electrons. The summed E-state index contributed by atoms with van der Waals surface area (Å²) in [6.45, 7) is 0. The summed E-state index contributed by atoms with van der Waals surface area (Å²) in [4.78, 5) is 24.5. The highest BCUT2D eigenvalue weighted by molar-refractivity contribution is 7.88. The third kappa shape index (κ3) is 7.58. The van der Waals surface area contributed by atoms with Crippen molar-refractivity contribution in [1.29, 1.82) is 0 Å². The molecule has 47 heavy (non-hydrogen) atoms. The summed E-state index contributed by atoms with van der Waals surface area (Å²) >= 11 is 0. The molecular weight excluding hydrogens is 690 g/mol. The van der Waals surface area contributed by atoms with Gasteiger partial charge in [-0.25, -0.2) is 9.59 Å². The predicted molar refractivity (Wildman–Crippen MR) is 149 cm³/mol. The lowest BCUT2D eigenvalue weighted by Gasteiger charge is -2.16. The lowest BCUT2D eigenvalue weighted by molar-refractivity contribution is -0.0504. The smallest absolute Gasteiger partial charge is 0.478 e. The minimum absolute atomic E-state index is 0.0554. The van der Waals surface area contributed by atoms with E-state index < -0.39 is 71.6 Å². The minimum atomic E-state index is -6.08. The zero-order valence-electron chi connectivity index (χ0n) is 22.7. The number of hydrogen-bond donors (Lipinski definition) is 2. The second kappa shape index (κ2) is 12.5. The zero-order valence-corrected chi connectivity index (χ0v) is 24.4. The van der Waals surface area contributed by atoms with Crippen molar-refractivity contribution in [2.45, 2.75) is 11.0 Å². The average molecular weight is 707 g/mol. The summed E-state index contributed by atoms with van der Waals surface area (Å²) in [5.74, 6) is -5.60. The van der Waals surface area contributed by atoms with E-state index in [1.807, 2.05) is 0 Å². The molecule has 0 fully saturated rings. The maximum Gasteiger partial charge on any atom is 0.534 e. The molecule has 0 unspecified atom stereocenters. The van der Waals surface area contributed by atoms with E-state index in [4.69, 9.17) is 4.74 Å². The van der Waals surface area contributed by atoms with Crippen LogP contribution >= 0.6 is 0 Å². The third-order valence-electron chi connectivity index (χ3n) is 5.97. The van der Waals surface area contributed by atoms with E-state index in [1.54, 1.807) is 0 Å². The Morgan fingerprint density at radius 1 is 0.553 bits per heavy atom. The van der Waals surface area contributed by atoms with Gasteiger partial charge in [-0.1, -0.05) is 36.4 Å². The van der Waals surface area contributed by atoms with Crippen LogP contribution in [0.1, 0.15) is 20.7 Å².